The van der Waals surface area contributed by atoms with Crippen LogP contribution < -0.4 is 0 Å². The molecule has 0 aliphatic carbocycles. The van der Waals surface area contributed by atoms with Crippen LogP contribution in [0.25, 0.3) is 0 Å². The predicted octanol–water partition coefficient (Wildman–Crippen LogP) is 3.19. The molecule has 1 aromatic carbocycles. The van der Waals surface area contributed by atoms with Crippen LogP contribution in [0.1, 0.15) is 48.5 Å². The Bertz CT molecular complexity index is 422. The largest absolute Gasteiger partial charge is 0.339 e. The fourth-order valence-corrected chi connectivity index (χ4v) is 2.33. The van der Waals surface area contributed by atoms with Gasteiger partial charge < -0.3 is 4.90 Å². The highest BCUT2D eigenvalue weighted by Crippen LogP contribution is 2.24. The molecular weight excluding hydrogens is 217 g/mol. The van der Waals surface area contributed by atoms with E-state index >= 15 is 0 Å². The first-order valence-corrected chi connectivity index (χ1v) is 6.19. The highest BCUT2D eigenvalue weighted by Gasteiger charge is 2.25. The normalized spacial score (nSPS) is 15.6. The summed E-state index contributed by atoms with van der Waals surface area (Å²) in [5, 5.41) is 0. The number of carbonyl (C=O) groups is 1. The molecule has 0 N–H and O–H groups in total. The SMILES string of the molecule is CC(C)c1cccc(F)c1C(=O)N1CCCC1. The van der Waals surface area contributed by atoms with Gasteiger partial charge in [-0.3, -0.25) is 4.79 Å². The summed E-state index contributed by atoms with van der Waals surface area (Å²) in [5.41, 5.74) is 1.08. The van der Waals surface area contributed by atoms with Crippen molar-refractivity contribution in [3.8, 4) is 0 Å². The second-order valence-corrected chi connectivity index (χ2v) is 4.86. The standard InChI is InChI=1S/C14H18FNO/c1-10(2)11-6-5-7-12(15)13(11)14(17)16-8-3-4-9-16/h5-7,10H,3-4,8-9H2,1-2H3. The van der Waals surface area contributed by atoms with Gasteiger partial charge in [-0.1, -0.05) is 26.0 Å². The average molecular weight is 235 g/mol. The quantitative estimate of drug-likeness (QED) is 0.771. The second kappa shape index (κ2) is 4.86. The molecule has 3 heteroatoms. The van der Waals surface area contributed by atoms with Gasteiger partial charge in [-0.05, 0) is 30.4 Å². The Kier molecular flexibility index (Phi) is 3.46. The lowest BCUT2D eigenvalue weighted by Gasteiger charge is -2.19. The van der Waals surface area contributed by atoms with Crippen LogP contribution in [0.4, 0.5) is 4.39 Å². The second-order valence-electron chi connectivity index (χ2n) is 4.86. The minimum Gasteiger partial charge on any atom is -0.339 e. The maximum atomic E-state index is 13.9. The number of benzene rings is 1. The van der Waals surface area contributed by atoms with E-state index < -0.39 is 5.82 Å². The van der Waals surface area contributed by atoms with Gasteiger partial charge in [-0.15, -0.1) is 0 Å². The molecule has 0 spiro atoms. The summed E-state index contributed by atoms with van der Waals surface area (Å²) in [7, 11) is 0. The maximum absolute atomic E-state index is 13.9. The van der Waals surface area contributed by atoms with Crippen LogP contribution in [0.5, 0.6) is 0 Å². The lowest BCUT2D eigenvalue weighted by molar-refractivity contribution is 0.0786. The van der Waals surface area contributed by atoms with Crippen LogP contribution in [0.15, 0.2) is 18.2 Å². The Labute approximate surface area is 101 Å². The van der Waals surface area contributed by atoms with Crippen LogP contribution >= 0.6 is 0 Å². The fraction of sp³-hybridized carbons (Fsp3) is 0.500. The van der Waals surface area contributed by atoms with E-state index in [1.54, 1.807) is 11.0 Å². The van der Waals surface area contributed by atoms with Gasteiger partial charge in [0.05, 0.1) is 5.56 Å². The van der Waals surface area contributed by atoms with Gasteiger partial charge in [0, 0.05) is 13.1 Å². The fourth-order valence-electron chi connectivity index (χ4n) is 2.33. The molecule has 1 fully saturated rings. The minimum atomic E-state index is -0.395. The molecule has 1 saturated heterocycles. The van der Waals surface area contributed by atoms with Crippen LogP contribution in [0.2, 0.25) is 0 Å². The number of rotatable bonds is 2. The van der Waals surface area contributed by atoms with Crippen LogP contribution in [0.3, 0.4) is 0 Å². The topological polar surface area (TPSA) is 20.3 Å². The van der Waals surface area contributed by atoms with Gasteiger partial charge in [-0.25, -0.2) is 4.39 Å². The summed E-state index contributed by atoms with van der Waals surface area (Å²) < 4.78 is 13.9. The molecule has 0 aromatic heterocycles. The molecule has 92 valence electrons. The third-order valence-electron chi connectivity index (χ3n) is 3.27. The van der Waals surface area contributed by atoms with Crippen LogP contribution in [-0.2, 0) is 0 Å². The molecule has 0 saturated carbocycles. The first-order chi connectivity index (χ1) is 8.11. The van der Waals surface area contributed by atoms with Gasteiger partial charge in [0.1, 0.15) is 5.82 Å². The summed E-state index contributed by atoms with van der Waals surface area (Å²) in [4.78, 5) is 14.0. The summed E-state index contributed by atoms with van der Waals surface area (Å²) in [6, 6.07) is 4.89. The minimum absolute atomic E-state index is 0.149. The third kappa shape index (κ3) is 2.33. The van der Waals surface area contributed by atoms with Crippen molar-refractivity contribution in [1.82, 2.24) is 4.90 Å². The number of amides is 1. The van der Waals surface area contributed by atoms with E-state index in [2.05, 4.69) is 0 Å². The van der Waals surface area contributed by atoms with Gasteiger partial charge in [0.15, 0.2) is 0 Å². The van der Waals surface area contributed by atoms with Crippen molar-refractivity contribution in [1.29, 1.82) is 0 Å². The number of nitrogens with zero attached hydrogens (tertiary/aromatic N) is 1. The highest BCUT2D eigenvalue weighted by atomic mass is 19.1. The molecule has 1 aliphatic rings. The van der Waals surface area contributed by atoms with E-state index in [1.807, 2.05) is 19.9 Å². The monoisotopic (exact) mass is 235 g/mol. The van der Waals surface area contributed by atoms with E-state index in [-0.39, 0.29) is 17.4 Å². The van der Waals surface area contributed by atoms with E-state index in [9.17, 15) is 9.18 Å². The Morgan fingerprint density at radius 2 is 1.94 bits per heavy atom. The van der Waals surface area contributed by atoms with Gasteiger partial charge in [0.2, 0.25) is 0 Å². The van der Waals surface area contributed by atoms with Crippen LogP contribution in [0, 0.1) is 5.82 Å². The highest BCUT2D eigenvalue weighted by molar-refractivity contribution is 5.96. The van der Waals surface area contributed by atoms with E-state index in [4.69, 9.17) is 0 Å². The maximum Gasteiger partial charge on any atom is 0.257 e. The molecule has 0 unspecified atom stereocenters. The van der Waals surface area contributed by atoms with Crippen molar-refractivity contribution in [3.05, 3.63) is 35.1 Å². The van der Waals surface area contributed by atoms with Crippen molar-refractivity contribution >= 4 is 5.91 Å². The van der Waals surface area contributed by atoms with Gasteiger partial charge in [0.25, 0.3) is 5.91 Å². The Balaban J connectivity index is 2.39. The number of likely N-dealkylation sites (tertiary alicyclic amines) is 1. The average Bonchev–Trinajstić information content (AvgIpc) is 2.81. The molecule has 1 heterocycles. The Hall–Kier alpha value is -1.38. The lowest BCUT2D eigenvalue weighted by atomic mass is 9.96. The molecule has 1 aliphatic heterocycles. The number of halogens is 1. The number of hydrogen-bond donors (Lipinski definition) is 0. The van der Waals surface area contributed by atoms with Gasteiger partial charge >= 0.3 is 0 Å². The van der Waals surface area contributed by atoms with Crippen molar-refractivity contribution in [2.75, 3.05) is 13.1 Å². The van der Waals surface area contributed by atoms with Crippen molar-refractivity contribution < 1.29 is 9.18 Å². The summed E-state index contributed by atoms with van der Waals surface area (Å²) in [5.74, 6) is -0.385. The zero-order valence-corrected chi connectivity index (χ0v) is 10.4. The molecule has 2 nitrogen and oxygen atoms in total. The number of carbonyl (C=O) groups excluding carboxylic acids is 1. The third-order valence-corrected chi connectivity index (χ3v) is 3.27. The Morgan fingerprint density at radius 1 is 1.29 bits per heavy atom. The van der Waals surface area contributed by atoms with Crippen molar-refractivity contribution in [3.63, 3.8) is 0 Å². The molecule has 0 bridgehead atoms. The summed E-state index contributed by atoms with van der Waals surface area (Å²) in [6.07, 6.45) is 2.05. The first-order valence-electron chi connectivity index (χ1n) is 6.19. The molecule has 17 heavy (non-hydrogen) atoms. The summed E-state index contributed by atoms with van der Waals surface area (Å²) in [6.45, 7) is 5.47. The zero-order chi connectivity index (χ0) is 12.4. The smallest absolute Gasteiger partial charge is 0.257 e. The van der Waals surface area contributed by atoms with E-state index in [0.717, 1.165) is 31.5 Å². The lowest BCUT2D eigenvalue weighted by Crippen LogP contribution is -2.29. The van der Waals surface area contributed by atoms with Crippen molar-refractivity contribution in [2.45, 2.75) is 32.6 Å². The molecule has 0 atom stereocenters. The van der Waals surface area contributed by atoms with Crippen LogP contribution in [-0.4, -0.2) is 23.9 Å². The molecule has 1 aromatic rings. The number of hydrogen-bond acceptors (Lipinski definition) is 1. The summed E-state index contributed by atoms with van der Waals surface area (Å²) >= 11 is 0. The molecule has 0 radical (unpaired) electrons. The van der Waals surface area contributed by atoms with Crippen molar-refractivity contribution in [2.24, 2.45) is 0 Å². The molecular formula is C14H18FNO. The van der Waals surface area contributed by atoms with Gasteiger partial charge in [-0.2, -0.15) is 0 Å². The van der Waals surface area contributed by atoms with E-state index in [1.165, 1.54) is 6.07 Å². The first kappa shape index (κ1) is 12.1. The van der Waals surface area contributed by atoms with E-state index in [0.29, 0.717) is 0 Å². The molecule has 1 amide bonds. The zero-order valence-electron chi connectivity index (χ0n) is 10.4. The predicted molar refractivity (Wildman–Crippen MR) is 65.6 cm³/mol. The molecule has 2 rings (SSSR count). The Morgan fingerprint density at radius 3 is 2.53 bits per heavy atom.